The first kappa shape index (κ1) is 18.4. The van der Waals surface area contributed by atoms with Crippen LogP contribution in [0.4, 0.5) is 5.82 Å². The van der Waals surface area contributed by atoms with E-state index in [-0.39, 0.29) is 5.91 Å². The predicted octanol–water partition coefficient (Wildman–Crippen LogP) is 3.30. The molecule has 1 atom stereocenters. The fourth-order valence-corrected chi connectivity index (χ4v) is 2.99. The van der Waals surface area contributed by atoms with Crippen LogP contribution in [-0.2, 0) is 4.79 Å². The van der Waals surface area contributed by atoms with Gasteiger partial charge in [0.1, 0.15) is 5.82 Å². The van der Waals surface area contributed by atoms with Crippen molar-refractivity contribution in [2.45, 2.75) is 46.8 Å². The predicted molar refractivity (Wildman–Crippen MR) is 98.8 cm³/mol. The van der Waals surface area contributed by atoms with Gasteiger partial charge in [-0.25, -0.2) is 9.97 Å². The molecular formula is C17H25N5OS. The molecule has 130 valence electrons. The third-order valence-corrected chi connectivity index (χ3v) is 5.17. The maximum Gasteiger partial charge on any atom is 0.252 e. The topological polar surface area (TPSA) is 72.7 Å². The molecule has 0 aromatic carbocycles. The number of nitrogens with zero attached hydrogens (tertiary/aromatic N) is 4. The van der Waals surface area contributed by atoms with Gasteiger partial charge in [-0.3, -0.25) is 4.79 Å². The van der Waals surface area contributed by atoms with Gasteiger partial charge in [0, 0.05) is 22.7 Å². The van der Waals surface area contributed by atoms with E-state index in [9.17, 15) is 4.79 Å². The Kier molecular flexibility index (Phi) is 5.99. The van der Waals surface area contributed by atoms with Gasteiger partial charge in [-0.2, -0.15) is 9.78 Å². The van der Waals surface area contributed by atoms with E-state index in [0.717, 1.165) is 17.1 Å². The van der Waals surface area contributed by atoms with Gasteiger partial charge in [-0.05, 0) is 32.8 Å². The third-order valence-electron chi connectivity index (χ3n) is 3.68. The minimum atomic E-state index is -0.0435. The summed E-state index contributed by atoms with van der Waals surface area (Å²) in [7, 11) is 0. The molecule has 0 saturated carbocycles. The zero-order chi connectivity index (χ0) is 17.9. The number of rotatable bonds is 6. The fourth-order valence-electron chi connectivity index (χ4n) is 2.12. The summed E-state index contributed by atoms with van der Waals surface area (Å²) in [6, 6.07) is 3.73. The van der Waals surface area contributed by atoms with Gasteiger partial charge >= 0.3 is 0 Å². The summed E-state index contributed by atoms with van der Waals surface area (Å²) in [5.41, 5.74) is 2.53. The Labute approximate surface area is 147 Å². The molecule has 6 nitrogen and oxygen atoms in total. The van der Waals surface area contributed by atoms with Crippen molar-refractivity contribution in [3.05, 3.63) is 29.2 Å². The average Bonchev–Trinajstić information content (AvgIpc) is 2.84. The molecule has 7 heteroatoms. The summed E-state index contributed by atoms with van der Waals surface area (Å²) in [5.74, 6) is 1.98. The SMILES string of the molecule is Cc1cc(C)nc(-n2nc(C)cc2NC(=O)CS[C@@H](C)C(C)C)n1. The number of thioether (sulfide) groups is 1. The largest absolute Gasteiger partial charge is 0.310 e. The molecule has 1 amide bonds. The zero-order valence-corrected chi connectivity index (χ0v) is 15.9. The summed E-state index contributed by atoms with van der Waals surface area (Å²) >= 11 is 1.65. The van der Waals surface area contributed by atoms with Crippen LogP contribution in [0.3, 0.4) is 0 Å². The lowest BCUT2D eigenvalue weighted by Gasteiger charge is -2.14. The van der Waals surface area contributed by atoms with Gasteiger partial charge in [0.05, 0.1) is 11.4 Å². The molecule has 0 bridgehead atoms. The number of nitrogens with one attached hydrogen (secondary N) is 1. The second-order valence-electron chi connectivity index (χ2n) is 6.34. The molecule has 1 N–H and O–H groups in total. The highest BCUT2D eigenvalue weighted by Crippen LogP contribution is 2.20. The quantitative estimate of drug-likeness (QED) is 0.868. The van der Waals surface area contributed by atoms with Crippen molar-refractivity contribution in [1.82, 2.24) is 19.7 Å². The van der Waals surface area contributed by atoms with Crippen molar-refractivity contribution in [2.24, 2.45) is 5.92 Å². The van der Waals surface area contributed by atoms with E-state index in [2.05, 4.69) is 41.2 Å². The number of aryl methyl sites for hydroxylation is 3. The number of hydrogen-bond acceptors (Lipinski definition) is 5. The lowest BCUT2D eigenvalue weighted by molar-refractivity contribution is -0.113. The Bertz CT molecular complexity index is 706. The number of carbonyl (C=O) groups excluding carboxylic acids is 1. The molecule has 0 aliphatic heterocycles. The van der Waals surface area contributed by atoms with E-state index >= 15 is 0 Å². The van der Waals surface area contributed by atoms with E-state index in [1.165, 1.54) is 0 Å². The molecule has 0 unspecified atom stereocenters. The Balaban J connectivity index is 2.15. The van der Waals surface area contributed by atoms with Gasteiger partial charge in [0.2, 0.25) is 5.91 Å². The van der Waals surface area contributed by atoms with Crippen molar-refractivity contribution in [3.8, 4) is 5.95 Å². The van der Waals surface area contributed by atoms with Crippen molar-refractivity contribution >= 4 is 23.5 Å². The first-order valence-corrected chi connectivity index (χ1v) is 9.12. The Morgan fingerprint density at radius 1 is 1.12 bits per heavy atom. The summed E-state index contributed by atoms with van der Waals surface area (Å²) in [4.78, 5) is 21.1. The average molecular weight is 347 g/mol. The fraction of sp³-hybridized carbons (Fsp3) is 0.529. The van der Waals surface area contributed by atoms with Crippen LogP contribution in [0.25, 0.3) is 5.95 Å². The van der Waals surface area contributed by atoms with Crippen LogP contribution in [-0.4, -0.2) is 36.7 Å². The Hall–Kier alpha value is -1.89. The third kappa shape index (κ3) is 4.80. The summed E-state index contributed by atoms with van der Waals surface area (Å²) in [6.45, 7) is 12.2. The highest BCUT2D eigenvalue weighted by Gasteiger charge is 2.15. The molecule has 0 spiro atoms. The van der Waals surface area contributed by atoms with Gasteiger partial charge in [0.15, 0.2) is 0 Å². The van der Waals surface area contributed by atoms with Gasteiger partial charge in [0.25, 0.3) is 5.95 Å². The van der Waals surface area contributed by atoms with E-state index in [0.29, 0.717) is 28.7 Å². The van der Waals surface area contributed by atoms with Crippen molar-refractivity contribution < 1.29 is 4.79 Å². The smallest absolute Gasteiger partial charge is 0.252 e. The zero-order valence-electron chi connectivity index (χ0n) is 15.1. The summed E-state index contributed by atoms with van der Waals surface area (Å²) in [5, 5.41) is 7.77. The normalized spacial score (nSPS) is 12.5. The van der Waals surface area contributed by atoms with Gasteiger partial charge in [-0.1, -0.05) is 20.8 Å². The molecule has 2 rings (SSSR count). The second kappa shape index (κ2) is 7.79. The van der Waals surface area contributed by atoms with E-state index < -0.39 is 0 Å². The number of hydrogen-bond donors (Lipinski definition) is 1. The Morgan fingerprint density at radius 2 is 1.75 bits per heavy atom. The highest BCUT2D eigenvalue weighted by atomic mass is 32.2. The van der Waals surface area contributed by atoms with Crippen LogP contribution in [0.2, 0.25) is 0 Å². The molecule has 0 fully saturated rings. The lowest BCUT2D eigenvalue weighted by atomic mass is 10.2. The van der Waals surface area contributed by atoms with Crippen molar-refractivity contribution in [1.29, 1.82) is 0 Å². The minimum Gasteiger partial charge on any atom is -0.310 e. The molecular weight excluding hydrogens is 322 g/mol. The molecule has 0 aliphatic carbocycles. The minimum absolute atomic E-state index is 0.0435. The standard InChI is InChI=1S/C17H25N5OS/c1-10(2)14(6)24-9-16(23)20-15-8-13(5)21-22(15)17-18-11(3)7-12(4)19-17/h7-8,10,14H,9H2,1-6H3,(H,20,23)/t14-/m0/s1. The van der Waals surface area contributed by atoms with Gasteiger partial charge < -0.3 is 5.32 Å². The maximum atomic E-state index is 12.3. The summed E-state index contributed by atoms with van der Waals surface area (Å²) < 4.78 is 1.59. The number of anilines is 1. The van der Waals surface area contributed by atoms with Crippen LogP contribution in [0.15, 0.2) is 12.1 Å². The lowest BCUT2D eigenvalue weighted by Crippen LogP contribution is -2.20. The van der Waals surface area contributed by atoms with Crippen molar-refractivity contribution in [3.63, 3.8) is 0 Å². The van der Waals surface area contributed by atoms with Crippen LogP contribution in [0, 0.1) is 26.7 Å². The van der Waals surface area contributed by atoms with Crippen LogP contribution in [0.1, 0.15) is 37.9 Å². The van der Waals surface area contributed by atoms with Crippen LogP contribution in [0.5, 0.6) is 0 Å². The van der Waals surface area contributed by atoms with Crippen molar-refractivity contribution in [2.75, 3.05) is 11.1 Å². The maximum absolute atomic E-state index is 12.3. The molecule has 2 aromatic heterocycles. The second-order valence-corrected chi connectivity index (χ2v) is 7.71. The first-order chi connectivity index (χ1) is 11.3. The molecule has 2 heterocycles. The first-order valence-electron chi connectivity index (χ1n) is 8.07. The van der Waals surface area contributed by atoms with E-state index in [4.69, 9.17) is 0 Å². The molecule has 2 aromatic rings. The highest BCUT2D eigenvalue weighted by molar-refractivity contribution is 8.00. The van der Waals surface area contributed by atoms with E-state index in [1.54, 1.807) is 16.4 Å². The molecule has 0 saturated heterocycles. The molecule has 0 aliphatic rings. The number of amides is 1. The number of aromatic nitrogens is 4. The van der Waals surface area contributed by atoms with Gasteiger partial charge in [-0.15, -0.1) is 11.8 Å². The molecule has 24 heavy (non-hydrogen) atoms. The summed E-state index contributed by atoms with van der Waals surface area (Å²) in [6.07, 6.45) is 0. The van der Waals surface area contributed by atoms with E-state index in [1.807, 2.05) is 32.9 Å². The Morgan fingerprint density at radius 3 is 2.33 bits per heavy atom. The van der Waals surface area contributed by atoms with Crippen LogP contribution < -0.4 is 5.32 Å². The van der Waals surface area contributed by atoms with Crippen LogP contribution >= 0.6 is 11.8 Å². The number of carbonyl (C=O) groups is 1. The molecule has 0 radical (unpaired) electrons. The monoisotopic (exact) mass is 347 g/mol.